The molecule has 1 fully saturated rings. The minimum atomic E-state index is -2.48. The Hall–Kier alpha value is -3.46. The van der Waals surface area contributed by atoms with Gasteiger partial charge in [0.15, 0.2) is 8.07 Å². The zero-order chi connectivity index (χ0) is 23.7. The second-order valence-corrected chi connectivity index (χ2v) is 12.6. The van der Waals surface area contributed by atoms with E-state index in [0.717, 1.165) is 54.1 Å². The molecule has 1 saturated heterocycles. The molecule has 172 valence electrons. The van der Waals surface area contributed by atoms with Gasteiger partial charge in [0.25, 0.3) is 0 Å². The summed E-state index contributed by atoms with van der Waals surface area (Å²) >= 11 is 0. The summed E-state index contributed by atoms with van der Waals surface area (Å²) in [6.07, 6.45) is 3.10. The predicted octanol–water partition coefficient (Wildman–Crippen LogP) is 4.90. The molecule has 5 rings (SSSR count). The average molecular weight is 481 g/mol. The first-order valence-corrected chi connectivity index (χ1v) is 13.5. The fourth-order valence-electron chi connectivity index (χ4n) is 4.71. The summed E-state index contributed by atoms with van der Waals surface area (Å²) in [5.41, 5.74) is 1.02. The number of hydrogen-bond acceptors (Lipinski definition) is 4. The average Bonchev–Trinajstić information content (AvgIpc) is 2.85. The molecule has 0 N–H and O–H groups in total. The van der Waals surface area contributed by atoms with Gasteiger partial charge in [-0.25, -0.2) is 0 Å². The van der Waals surface area contributed by atoms with Crippen molar-refractivity contribution >= 4 is 18.7 Å². The number of halogens is 4. The van der Waals surface area contributed by atoms with E-state index in [9.17, 15) is 17.6 Å². The maximum absolute atomic E-state index is 14.4. The number of aromatic nitrogens is 4. The minimum Gasteiger partial charge on any atom is -0.257 e. The Kier molecular flexibility index (Phi) is 5.95. The van der Waals surface area contributed by atoms with Crippen molar-refractivity contribution in [2.24, 2.45) is 0 Å². The second-order valence-electron chi connectivity index (χ2n) is 8.40. The van der Waals surface area contributed by atoms with E-state index in [1.54, 1.807) is 12.1 Å². The molecule has 9 heteroatoms. The van der Waals surface area contributed by atoms with Crippen LogP contribution in [-0.4, -0.2) is 28.0 Å². The lowest BCUT2D eigenvalue weighted by Crippen LogP contribution is -2.61. The van der Waals surface area contributed by atoms with Gasteiger partial charge in [0.2, 0.25) is 23.8 Å². The maximum Gasteiger partial charge on any atom is 0.224 e. The van der Waals surface area contributed by atoms with Crippen molar-refractivity contribution in [2.45, 2.75) is 31.4 Å². The van der Waals surface area contributed by atoms with E-state index in [2.05, 4.69) is 9.97 Å². The van der Waals surface area contributed by atoms with E-state index in [1.165, 1.54) is 12.1 Å². The summed E-state index contributed by atoms with van der Waals surface area (Å²) in [4.78, 5) is 16.2. The van der Waals surface area contributed by atoms with Crippen LogP contribution >= 0.6 is 0 Å². The Morgan fingerprint density at radius 3 is 1.44 bits per heavy atom. The Morgan fingerprint density at radius 1 is 0.529 bits per heavy atom. The first kappa shape index (κ1) is 22.3. The summed E-state index contributed by atoms with van der Waals surface area (Å²) < 4.78 is 55.4. The van der Waals surface area contributed by atoms with E-state index < -0.39 is 31.9 Å². The molecule has 1 aliphatic heterocycles. The lowest BCUT2D eigenvalue weighted by atomic mass is 10.2. The van der Waals surface area contributed by atoms with Crippen molar-refractivity contribution in [1.82, 2.24) is 19.9 Å². The van der Waals surface area contributed by atoms with Crippen LogP contribution in [0.4, 0.5) is 17.6 Å². The molecule has 0 spiro atoms. The van der Waals surface area contributed by atoms with Crippen molar-refractivity contribution in [3.63, 3.8) is 0 Å². The Labute approximate surface area is 194 Å². The maximum atomic E-state index is 14.4. The van der Waals surface area contributed by atoms with E-state index in [-0.39, 0.29) is 11.1 Å². The van der Waals surface area contributed by atoms with Gasteiger partial charge >= 0.3 is 0 Å². The van der Waals surface area contributed by atoms with Gasteiger partial charge in [-0.15, -0.1) is 0 Å². The summed E-state index contributed by atoms with van der Waals surface area (Å²) in [6.45, 7) is 0. The topological polar surface area (TPSA) is 51.6 Å². The highest BCUT2D eigenvalue weighted by Gasteiger charge is 2.41. The van der Waals surface area contributed by atoms with Gasteiger partial charge in [-0.3, -0.25) is 9.97 Å². The molecule has 4 aromatic heterocycles. The van der Waals surface area contributed by atoms with Gasteiger partial charge in [-0.2, -0.15) is 27.5 Å². The van der Waals surface area contributed by atoms with E-state index in [1.807, 2.05) is 24.3 Å². The van der Waals surface area contributed by atoms with Crippen LogP contribution in [0.2, 0.25) is 12.1 Å². The van der Waals surface area contributed by atoms with Crippen LogP contribution in [0.1, 0.15) is 19.3 Å². The van der Waals surface area contributed by atoms with Crippen molar-refractivity contribution in [1.29, 1.82) is 0 Å². The standard InChI is InChI=1S/C25H20F4N4Si/c26-20-12-10-16(24(28)32-20)18-6-4-8-22(30-18)34(14-2-1-3-15-34)23-9-5-7-19(31-23)17-11-13-21(27)33-25(17)29/h4-13H,1-3,14-15H2. The van der Waals surface area contributed by atoms with E-state index >= 15 is 0 Å². The molecule has 1 aliphatic rings. The molecule has 0 amide bonds. The fourth-order valence-corrected chi connectivity index (χ4v) is 9.45. The lowest BCUT2D eigenvalue weighted by molar-refractivity contribution is 0.514. The molecule has 0 atom stereocenters. The van der Waals surface area contributed by atoms with Crippen LogP contribution in [0.3, 0.4) is 0 Å². The molecule has 0 radical (unpaired) electrons. The Bertz CT molecular complexity index is 1260. The molecule has 34 heavy (non-hydrogen) atoms. The third kappa shape index (κ3) is 4.11. The van der Waals surface area contributed by atoms with Crippen LogP contribution < -0.4 is 10.6 Å². The van der Waals surface area contributed by atoms with Gasteiger partial charge in [-0.1, -0.05) is 31.4 Å². The normalized spacial score (nSPS) is 15.3. The van der Waals surface area contributed by atoms with E-state index in [0.29, 0.717) is 11.4 Å². The van der Waals surface area contributed by atoms with Crippen molar-refractivity contribution in [3.8, 4) is 22.5 Å². The number of rotatable bonds is 4. The first-order valence-electron chi connectivity index (χ1n) is 11.1. The molecule has 0 aromatic carbocycles. The molecule has 0 bridgehead atoms. The molecular formula is C25H20F4N4Si. The van der Waals surface area contributed by atoms with Crippen molar-refractivity contribution in [3.05, 3.63) is 84.5 Å². The number of pyridine rings is 4. The van der Waals surface area contributed by atoms with E-state index in [4.69, 9.17) is 9.97 Å². The monoisotopic (exact) mass is 480 g/mol. The van der Waals surface area contributed by atoms with Gasteiger partial charge in [0.1, 0.15) is 0 Å². The Balaban J connectivity index is 1.62. The highest BCUT2D eigenvalue weighted by molar-refractivity contribution is 7.01. The quantitative estimate of drug-likeness (QED) is 0.237. The fraction of sp³-hybridized carbons (Fsp3) is 0.200. The van der Waals surface area contributed by atoms with Crippen LogP contribution in [-0.2, 0) is 0 Å². The highest BCUT2D eigenvalue weighted by Crippen LogP contribution is 2.29. The lowest BCUT2D eigenvalue weighted by Gasteiger charge is -2.34. The van der Waals surface area contributed by atoms with Crippen LogP contribution in [0.15, 0.2) is 60.7 Å². The van der Waals surface area contributed by atoms with Gasteiger partial charge < -0.3 is 0 Å². The zero-order valence-corrected chi connectivity index (χ0v) is 19.1. The van der Waals surface area contributed by atoms with Gasteiger partial charge in [0, 0.05) is 10.6 Å². The third-order valence-corrected chi connectivity index (χ3v) is 11.3. The number of nitrogens with zero attached hydrogens (tertiary/aromatic N) is 4. The SMILES string of the molecule is Fc1ccc(-c2cccc([Si]3(c4cccc(-c5ccc(F)nc5F)n4)CCCCC3)n2)c(F)n1. The summed E-state index contributed by atoms with van der Waals surface area (Å²) in [5, 5.41) is 1.69. The smallest absolute Gasteiger partial charge is 0.224 e. The molecule has 4 aromatic rings. The van der Waals surface area contributed by atoms with Crippen LogP contribution in [0, 0.1) is 23.8 Å². The first-order chi connectivity index (χ1) is 16.5. The molecular weight excluding hydrogens is 460 g/mol. The third-order valence-electron chi connectivity index (χ3n) is 6.37. The Morgan fingerprint density at radius 2 is 1.00 bits per heavy atom. The molecule has 4 nitrogen and oxygen atoms in total. The van der Waals surface area contributed by atoms with Crippen LogP contribution in [0.5, 0.6) is 0 Å². The van der Waals surface area contributed by atoms with Gasteiger partial charge in [-0.05, 0) is 60.6 Å². The minimum absolute atomic E-state index is 0.129. The highest BCUT2D eigenvalue weighted by atomic mass is 28.3. The summed E-state index contributed by atoms with van der Waals surface area (Å²) in [6, 6.07) is 17.5. The van der Waals surface area contributed by atoms with Crippen molar-refractivity contribution < 1.29 is 17.6 Å². The summed E-state index contributed by atoms with van der Waals surface area (Å²) in [7, 11) is -2.48. The second kappa shape index (κ2) is 9.06. The molecule has 0 unspecified atom stereocenters. The van der Waals surface area contributed by atoms with Crippen molar-refractivity contribution in [2.75, 3.05) is 0 Å². The predicted molar refractivity (Wildman–Crippen MR) is 123 cm³/mol. The molecule has 0 aliphatic carbocycles. The zero-order valence-electron chi connectivity index (χ0n) is 18.1. The largest absolute Gasteiger partial charge is 0.257 e. The molecule has 5 heterocycles. The van der Waals surface area contributed by atoms with Crippen LogP contribution in [0.25, 0.3) is 22.5 Å². The number of hydrogen-bond donors (Lipinski definition) is 0. The van der Waals surface area contributed by atoms with Gasteiger partial charge in [0.05, 0.1) is 22.5 Å². The molecule has 0 saturated carbocycles. The summed E-state index contributed by atoms with van der Waals surface area (Å²) in [5.74, 6) is -3.61.